The van der Waals surface area contributed by atoms with Gasteiger partial charge >= 0.3 is 5.97 Å². The average molecular weight is 270 g/mol. The first-order valence-corrected chi connectivity index (χ1v) is 6.71. The molecular weight excluding hydrogens is 252 g/mol. The molecule has 18 heavy (non-hydrogen) atoms. The summed E-state index contributed by atoms with van der Waals surface area (Å²) in [4.78, 5) is 26.1. The predicted octanol–water partition coefficient (Wildman–Crippen LogP) is 0.607. The van der Waals surface area contributed by atoms with Crippen LogP contribution in [0, 0.1) is 5.41 Å². The number of nitrogens with zero attached hydrogens (tertiary/aromatic N) is 1. The van der Waals surface area contributed by atoms with E-state index < -0.39 is 11.5 Å². The fraction of sp³-hybridized carbons (Fsp3) is 0.750. The molecule has 0 spiro atoms. The number of thiocarbonyl (C=S) groups is 1. The van der Waals surface area contributed by atoms with Crippen molar-refractivity contribution < 1.29 is 14.3 Å². The number of rotatable bonds is 4. The summed E-state index contributed by atoms with van der Waals surface area (Å²) in [6.07, 6.45) is 2.89. The zero-order valence-electron chi connectivity index (χ0n) is 10.5. The molecule has 1 heterocycles. The van der Waals surface area contributed by atoms with Crippen molar-refractivity contribution >= 4 is 29.1 Å². The average Bonchev–Trinajstić information content (AvgIpc) is 3.00. The molecule has 100 valence electrons. The van der Waals surface area contributed by atoms with E-state index in [2.05, 4.69) is 0 Å². The molecule has 1 saturated heterocycles. The molecule has 0 radical (unpaired) electrons. The van der Waals surface area contributed by atoms with Gasteiger partial charge in [-0.3, -0.25) is 4.79 Å². The summed E-state index contributed by atoms with van der Waals surface area (Å²) in [5.74, 6) is -0.410. The maximum absolute atomic E-state index is 12.4. The fourth-order valence-corrected chi connectivity index (χ4v) is 2.75. The lowest BCUT2D eigenvalue weighted by molar-refractivity contribution is -0.153. The highest BCUT2D eigenvalue weighted by atomic mass is 32.1. The van der Waals surface area contributed by atoms with Gasteiger partial charge in [0, 0.05) is 6.54 Å². The molecule has 1 amide bonds. The lowest BCUT2D eigenvalue weighted by Gasteiger charge is -2.27. The molecule has 1 saturated carbocycles. The number of carbonyl (C=O) groups is 2. The third-order valence-corrected chi connectivity index (χ3v) is 4.09. The van der Waals surface area contributed by atoms with Gasteiger partial charge in [0.15, 0.2) is 0 Å². The van der Waals surface area contributed by atoms with Gasteiger partial charge in [0.2, 0.25) is 5.91 Å². The molecule has 2 fully saturated rings. The second-order valence-corrected chi connectivity index (χ2v) is 5.29. The van der Waals surface area contributed by atoms with Crippen LogP contribution in [0.15, 0.2) is 0 Å². The largest absolute Gasteiger partial charge is 0.464 e. The molecule has 0 aromatic rings. The number of amides is 1. The second-order valence-electron chi connectivity index (χ2n) is 4.85. The minimum atomic E-state index is -0.676. The normalized spacial score (nSPS) is 24.7. The summed E-state index contributed by atoms with van der Waals surface area (Å²) in [5.41, 5.74) is 4.97. The van der Waals surface area contributed by atoms with Crippen LogP contribution in [-0.2, 0) is 14.3 Å². The standard InChI is InChI=1S/C12H18N2O3S/c1-2-17-9(15)8-4-3-7-14(8)11(16)12(5-6-12)10(13)18/h8H,2-7H2,1H3,(H2,13,18). The molecule has 5 nitrogen and oxygen atoms in total. The molecular formula is C12H18N2O3S. The minimum absolute atomic E-state index is 0.0921. The van der Waals surface area contributed by atoms with Crippen molar-refractivity contribution in [2.45, 2.75) is 38.6 Å². The maximum atomic E-state index is 12.4. The summed E-state index contributed by atoms with van der Waals surface area (Å²) >= 11 is 4.98. The molecule has 1 atom stereocenters. The van der Waals surface area contributed by atoms with Gasteiger partial charge in [-0.2, -0.15) is 0 Å². The number of nitrogens with two attached hydrogens (primary N) is 1. The molecule has 0 aromatic carbocycles. The van der Waals surface area contributed by atoms with Crippen LogP contribution in [0.2, 0.25) is 0 Å². The van der Waals surface area contributed by atoms with E-state index >= 15 is 0 Å². The monoisotopic (exact) mass is 270 g/mol. The van der Waals surface area contributed by atoms with Crippen molar-refractivity contribution in [2.75, 3.05) is 13.2 Å². The van der Waals surface area contributed by atoms with Gasteiger partial charge in [0.05, 0.1) is 17.0 Å². The van der Waals surface area contributed by atoms with Crippen LogP contribution in [0.25, 0.3) is 0 Å². The van der Waals surface area contributed by atoms with E-state index in [0.717, 1.165) is 6.42 Å². The van der Waals surface area contributed by atoms with Crippen LogP contribution in [-0.4, -0.2) is 41.0 Å². The molecule has 0 bridgehead atoms. The molecule has 2 rings (SSSR count). The van der Waals surface area contributed by atoms with Crippen LogP contribution >= 0.6 is 12.2 Å². The molecule has 2 aliphatic rings. The first-order chi connectivity index (χ1) is 8.53. The second kappa shape index (κ2) is 4.84. The van der Waals surface area contributed by atoms with Crippen LogP contribution in [0.1, 0.15) is 32.6 Å². The van der Waals surface area contributed by atoms with E-state index in [1.54, 1.807) is 11.8 Å². The molecule has 1 unspecified atom stereocenters. The Labute approximate surface area is 112 Å². The molecule has 6 heteroatoms. The Kier molecular flexibility index (Phi) is 3.56. The smallest absolute Gasteiger partial charge is 0.328 e. The Bertz CT molecular complexity index is 393. The first-order valence-electron chi connectivity index (χ1n) is 6.30. The number of carbonyl (C=O) groups excluding carboxylic acids is 2. The predicted molar refractivity (Wildman–Crippen MR) is 69.8 cm³/mol. The zero-order valence-corrected chi connectivity index (χ0v) is 11.3. The topological polar surface area (TPSA) is 72.6 Å². The SMILES string of the molecule is CCOC(=O)C1CCCN1C(=O)C1(C(N)=S)CC1. The van der Waals surface area contributed by atoms with Crippen molar-refractivity contribution in [1.29, 1.82) is 0 Å². The number of hydrogen-bond donors (Lipinski definition) is 1. The van der Waals surface area contributed by atoms with Crippen molar-refractivity contribution in [3.63, 3.8) is 0 Å². The van der Waals surface area contributed by atoms with Gasteiger partial charge in [0.1, 0.15) is 6.04 Å². The van der Waals surface area contributed by atoms with Gasteiger partial charge in [-0.05, 0) is 32.6 Å². The lowest BCUT2D eigenvalue weighted by atomic mass is 10.0. The number of esters is 1. The number of ether oxygens (including phenoxy) is 1. The van der Waals surface area contributed by atoms with Crippen LogP contribution < -0.4 is 5.73 Å². The van der Waals surface area contributed by atoms with E-state index in [9.17, 15) is 9.59 Å². The van der Waals surface area contributed by atoms with E-state index in [1.807, 2.05) is 0 Å². The van der Waals surface area contributed by atoms with Crippen LogP contribution in [0.4, 0.5) is 0 Å². The summed E-state index contributed by atoms with van der Waals surface area (Å²) < 4.78 is 5.00. The Morgan fingerprint density at radius 3 is 2.67 bits per heavy atom. The molecule has 0 aromatic heterocycles. The summed E-state index contributed by atoms with van der Waals surface area (Å²) in [6.45, 7) is 2.68. The highest BCUT2D eigenvalue weighted by Gasteiger charge is 2.56. The lowest BCUT2D eigenvalue weighted by Crippen LogP contribution is -2.48. The van der Waals surface area contributed by atoms with Crippen molar-refractivity contribution in [2.24, 2.45) is 11.1 Å². The number of likely N-dealkylation sites (tertiary alicyclic amines) is 1. The quantitative estimate of drug-likeness (QED) is 0.598. The summed E-state index contributed by atoms with van der Waals surface area (Å²) in [7, 11) is 0. The van der Waals surface area contributed by atoms with Crippen LogP contribution in [0.3, 0.4) is 0 Å². The highest BCUT2D eigenvalue weighted by molar-refractivity contribution is 7.80. The van der Waals surface area contributed by atoms with Crippen molar-refractivity contribution in [1.82, 2.24) is 4.90 Å². The Morgan fingerprint density at radius 1 is 1.50 bits per heavy atom. The van der Waals surface area contributed by atoms with Gasteiger partial charge < -0.3 is 15.4 Å². The molecule has 2 N–H and O–H groups in total. The fourth-order valence-electron chi connectivity index (χ4n) is 2.46. The Hall–Kier alpha value is -1.17. The first kappa shape index (κ1) is 13.3. The Morgan fingerprint density at radius 2 is 2.17 bits per heavy atom. The zero-order chi connectivity index (χ0) is 13.3. The van der Waals surface area contributed by atoms with Gasteiger partial charge in [-0.25, -0.2) is 4.79 Å². The van der Waals surface area contributed by atoms with E-state index in [0.29, 0.717) is 32.4 Å². The van der Waals surface area contributed by atoms with Gasteiger partial charge in [0.25, 0.3) is 0 Å². The third-order valence-electron chi connectivity index (χ3n) is 3.70. The number of hydrogen-bond acceptors (Lipinski definition) is 4. The Balaban J connectivity index is 2.10. The van der Waals surface area contributed by atoms with E-state index in [4.69, 9.17) is 22.7 Å². The van der Waals surface area contributed by atoms with Gasteiger partial charge in [-0.15, -0.1) is 0 Å². The summed E-state index contributed by atoms with van der Waals surface area (Å²) in [6, 6.07) is -0.454. The van der Waals surface area contributed by atoms with Crippen LogP contribution in [0.5, 0.6) is 0 Å². The third kappa shape index (κ3) is 2.09. The molecule has 1 aliphatic heterocycles. The summed E-state index contributed by atoms with van der Waals surface area (Å²) in [5, 5.41) is 0. The van der Waals surface area contributed by atoms with E-state index in [1.165, 1.54) is 0 Å². The molecule has 1 aliphatic carbocycles. The van der Waals surface area contributed by atoms with Crippen molar-refractivity contribution in [3.05, 3.63) is 0 Å². The minimum Gasteiger partial charge on any atom is -0.464 e. The van der Waals surface area contributed by atoms with Gasteiger partial charge in [-0.1, -0.05) is 12.2 Å². The highest BCUT2D eigenvalue weighted by Crippen LogP contribution is 2.48. The van der Waals surface area contributed by atoms with E-state index in [-0.39, 0.29) is 16.9 Å². The van der Waals surface area contributed by atoms with Crippen molar-refractivity contribution in [3.8, 4) is 0 Å². The maximum Gasteiger partial charge on any atom is 0.328 e.